The maximum absolute atomic E-state index is 12.4. The summed E-state index contributed by atoms with van der Waals surface area (Å²) in [5.41, 5.74) is 0.0336. The van der Waals surface area contributed by atoms with E-state index >= 15 is 0 Å². The molecule has 84 valence electrons. The van der Waals surface area contributed by atoms with Crippen molar-refractivity contribution in [3.8, 4) is 0 Å². The van der Waals surface area contributed by atoms with Gasteiger partial charge in [-0.2, -0.15) is 13.2 Å². The zero-order valence-corrected chi connectivity index (χ0v) is 8.73. The summed E-state index contributed by atoms with van der Waals surface area (Å²) in [6, 6.07) is 4.84. The zero-order chi connectivity index (χ0) is 11.8. The van der Waals surface area contributed by atoms with Crippen molar-refractivity contribution in [2.24, 2.45) is 4.99 Å². The number of halogens is 3. The van der Waals surface area contributed by atoms with Crippen molar-refractivity contribution < 1.29 is 18.0 Å². The van der Waals surface area contributed by atoms with E-state index in [9.17, 15) is 18.0 Å². The highest BCUT2D eigenvalue weighted by Gasteiger charge is 2.31. The Kier molecular flexibility index (Phi) is 2.75. The van der Waals surface area contributed by atoms with E-state index in [2.05, 4.69) is 4.99 Å². The van der Waals surface area contributed by atoms with Gasteiger partial charge in [-0.05, 0) is 17.7 Å². The highest BCUT2D eigenvalue weighted by Crippen LogP contribution is 2.30. The van der Waals surface area contributed by atoms with Gasteiger partial charge in [0.25, 0.3) is 0 Å². The molecule has 0 radical (unpaired) electrons. The lowest BCUT2D eigenvalue weighted by Crippen LogP contribution is -2.07. The number of amides is 1. The molecule has 0 unspecified atom stereocenters. The molecule has 0 fully saturated rings. The Morgan fingerprint density at radius 3 is 2.62 bits per heavy atom. The molecule has 2 rings (SSSR count). The topological polar surface area (TPSA) is 29.4 Å². The third kappa shape index (κ3) is 2.27. The monoisotopic (exact) mass is 245 g/mol. The van der Waals surface area contributed by atoms with Crippen molar-refractivity contribution in [1.29, 1.82) is 0 Å². The van der Waals surface area contributed by atoms with Gasteiger partial charge < -0.3 is 0 Å². The lowest BCUT2D eigenvalue weighted by atomic mass is 10.1. The largest absolute Gasteiger partial charge is 0.416 e. The zero-order valence-electron chi connectivity index (χ0n) is 7.91. The number of rotatable bonds is 1. The Morgan fingerprint density at radius 2 is 2.06 bits per heavy atom. The Morgan fingerprint density at radius 1 is 1.31 bits per heavy atom. The van der Waals surface area contributed by atoms with Gasteiger partial charge in [-0.25, -0.2) is 4.99 Å². The third-order valence-corrected chi connectivity index (χ3v) is 2.84. The third-order valence-electron chi connectivity index (χ3n) is 2.08. The molecule has 1 amide bonds. The first-order valence-electron chi connectivity index (χ1n) is 4.39. The molecule has 1 aliphatic rings. The smallest absolute Gasteiger partial charge is 0.259 e. The Labute approximate surface area is 93.6 Å². The van der Waals surface area contributed by atoms with Gasteiger partial charge >= 0.3 is 11.4 Å². The fraction of sp³-hybridized carbons (Fsp3) is 0.200. The van der Waals surface area contributed by atoms with Gasteiger partial charge in [-0.1, -0.05) is 23.9 Å². The van der Waals surface area contributed by atoms with Gasteiger partial charge in [0.1, 0.15) is 0 Å². The molecule has 1 heterocycles. The number of nitrogens with zero attached hydrogens (tertiary/aromatic N) is 1. The van der Waals surface area contributed by atoms with E-state index in [1.54, 1.807) is 0 Å². The van der Waals surface area contributed by atoms with E-state index in [-0.39, 0.29) is 5.24 Å². The van der Waals surface area contributed by atoms with E-state index in [0.29, 0.717) is 17.0 Å². The van der Waals surface area contributed by atoms with Gasteiger partial charge in [-0.15, -0.1) is 0 Å². The first kappa shape index (κ1) is 11.2. The van der Waals surface area contributed by atoms with Crippen LogP contribution in [0.1, 0.15) is 11.1 Å². The van der Waals surface area contributed by atoms with Gasteiger partial charge in [0, 0.05) is 5.75 Å². The molecule has 0 atom stereocenters. The molecule has 0 saturated heterocycles. The van der Waals surface area contributed by atoms with Crippen LogP contribution in [-0.4, -0.2) is 16.7 Å². The van der Waals surface area contributed by atoms with Crippen LogP contribution in [0.3, 0.4) is 0 Å². The van der Waals surface area contributed by atoms with Crippen LogP contribution in [0.5, 0.6) is 0 Å². The van der Waals surface area contributed by atoms with Crippen LogP contribution >= 0.6 is 11.8 Å². The van der Waals surface area contributed by atoms with Crippen LogP contribution in [0.25, 0.3) is 0 Å². The average molecular weight is 245 g/mol. The van der Waals surface area contributed by atoms with E-state index in [1.807, 2.05) is 0 Å². The van der Waals surface area contributed by atoms with Crippen molar-refractivity contribution in [2.75, 3.05) is 5.75 Å². The van der Waals surface area contributed by atoms with Crippen LogP contribution in [0.15, 0.2) is 29.3 Å². The second-order valence-corrected chi connectivity index (χ2v) is 4.12. The second-order valence-electron chi connectivity index (χ2n) is 3.19. The van der Waals surface area contributed by atoms with E-state index in [0.717, 1.165) is 23.9 Å². The molecular weight excluding hydrogens is 239 g/mol. The van der Waals surface area contributed by atoms with E-state index < -0.39 is 11.7 Å². The van der Waals surface area contributed by atoms with Crippen LogP contribution in [0, 0.1) is 0 Å². The molecule has 2 nitrogen and oxygen atoms in total. The number of carbonyl (C=O) groups excluding carboxylic acids is 1. The van der Waals surface area contributed by atoms with Crippen LogP contribution in [0.2, 0.25) is 0 Å². The maximum atomic E-state index is 12.4. The quantitative estimate of drug-likeness (QED) is 0.759. The highest BCUT2D eigenvalue weighted by atomic mass is 32.2. The molecule has 0 saturated carbocycles. The first-order valence-corrected chi connectivity index (χ1v) is 5.37. The fourth-order valence-corrected chi connectivity index (χ4v) is 1.99. The van der Waals surface area contributed by atoms with Crippen LogP contribution in [-0.2, 0) is 6.18 Å². The SMILES string of the molecule is O=C1N=C(c2cccc(C(F)(F)F)c2)CS1. The molecule has 1 aromatic rings. The normalized spacial score (nSPS) is 16.4. The predicted octanol–water partition coefficient (Wildman–Crippen LogP) is 3.36. The lowest BCUT2D eigenvalue weighted by Gasteiger charge is -2.07. The van der Waals surface area contributed by atoms with Crippen molar-refractivity contribution in [3.05, 3.63) is 35.4 Å². The van der Waals surface area contributed by atoms with Gasteiger partial charge in [-0.3, -0.25) is 4.79 Å². The number of aliphatic imine (C=N–C) groups is 1. The van der Waals surface area contributed by atoms with Crippen molar-refractivity contribution in [2.45, 2.75) is 6.18 Å². The Balaban J connectivity index is 2.37. The molecule has 1 aliphatic heterocycles. The summed E-state index contributed by atoms with van der Waals surface area (Å²) in [5.74, 6) is 0.333. The molecule has 0 spiro atoms. The fourth-order valence-electron chi connectivity index (χ4n) is 1.33. The molecule has 0 N–H and O–H groups in total. The molecule has 0 aliphatic carbocycles. The number of thioether (sulfide) groups is 1. The minimum Gasteiger partial charge on any atom is -0.259 e. The summed E-state index contributed by atoms with van der Waals surface area (Å²) in [5, 5.41) is -0.354. The van der Waals surface area contributed by atoms with Crippen molar-refractivity contribution in [1.82, 2.24) is 0 Å². The molecule has 0 bridgehead atoms. The molecule has 6 heteroatoms. The molecular formula is C10H6F3NOS. The lowest BCUT2D eigenvalue weighted by molar-refractivity contribution is -0.137. The number of hydrogen-bond donors (Lipinski definition) is 0. The summed E-state index contributed by atoms with van der Waals surface area (Å²) < 4.78 is 37.3. The average Bonchev–Trinajstić information content (AvgIpc) is 2.64. The highest BCUT2D eigenvalue weighted by molar-refractivity contribution is 8.14. The van der Waals surface area contributed by atoms with Gasteiger partial charge in [0.2, 0.25) is 0 Å². The molecule has 0 aromatic heterocycles. The summed E-state index contributed by atoms with van der Waals surface area (Å²) in [6.07, 6.45) is -4.37. The maximum Gasteiger partial charge on any atom is 0.416 e. The van der Waals surface area contributed by atoms with Crippen molar-refractivity contribution >= 4 is 22.7 Å². The second kappa shape index (κ2) is 3.93. The first-order chi connectivity index (χ1) is 7.47. The minimum absolute atomic E-state index is 0.333. The predicted molar refractivity (Wildman–Crippen MR) is 55.8 cm³/mol. The number of benzene rings is 1. The number of carbonyl (C=O) groups is 1. The molecule has 1 aromatic carbocycles. The van der Waals surface area contributed by atoms with Crippen molar-refractivity contribution in [3.63, 3.8) is 0 Å². The summed E-state index contributed by atoms with van der Waals surface area (Å²) in [4.78, 5) is 14.5. The summed E-state index contributed by atoms with van der Waals surface area (Å²) in [6.45, 7) is 0. The standard InChI is InChI=1S/C10H6F3NOS/c11-10(12,13)7-3-1-2-6(4-7)8-5-16-9(15)14-8/h1-4H,5H2. The van der Waals surface area contributed by atoms with Gasteiger partial charge in [0.05, 0.1) is 11.3 Å². The van der Waals surface area contributed by atoms with Crippen LogP contribution in [0.4, 0.5) is 18.0 Å². The Bertz CT molecular complexity index is 467. The summed E-state index contributed by atoms with van der Waals surface area (Å²) >= 11 is 0.990. The summed E-state index contributed by atoms with van der Waals surface area (Å²) in [7, 11) is 0. The van der Waals surface area contributed by atoms with E-state index in [1.165, 1.54) is 12.1 Å². The van der Waals surface area contributed by atoms with E-state index in [4.69, 9.17) is 0 Å². The van der Waals surface area contributed by atoms with Gasteiger partial charge in [0.15, 0.2) is 0 Å². The molecule has 16 heavy (non-hydrogen) atoms. The number of alkyl halides is 3. The number of hydrogen-bond acceptors (Lipinski definition) is 2. The Hall–Kier alpha value is -1.30. The minimum atomic E-state index is -4.37. The van der Waals surface area contributed by atoms with Crippen LogP contribution < -0.4 is 0 Å².